The molecule has 2 heterocycles. The number of carbonyl (C=O) groups excluding carboxylic acids is 1. The van der Waals surface area contributed by atoms with Crippen molar-refractivity contribution in [3.8, 4) is 11.5 Å². The summed E-state index contributed by atoms with van der Waals surface area (Å²) in [6.45, 7) is 2.66. The van der Waals surface area contributed by atoms with Gasteiger partial charge in [0, 0.05) is 23.6 Å². The third-order valence-corrected chi connectivity index (χ3v) is 4.63. The number of amides is 1. The van der Waals surface area contributed by atoms with Crippen LogP contribution in [0.4, 0.5) is 5.69 Å². The molecule has 0 unspecified atom stereocenters. The van der Waals surface area contributed by atoms with Gasteiger partial charge in [0.15, 0.2) is 11.5 Å². The van der Waals surface area contributed by atoms with E-state index in [0.717, 1.165) is 17.7 Å². The van der Waals surface area contributed by atoms with E-state index in [2.05, 4.69) is 33.6 Å². The molecule has 0 aliphatic carbocycles. The first-order valence-corrected chi connectivity index (χ1v) is 9.71. The highest BCUT2D eigenvalue weighted by atomic mass is 16.7. The first-order valence-electron chi connectivity index (χ1n) is 9.71. The number of fused-ring (bicyclic) bond motifs is 1. The second-order valence-corrected chi connectivity index (χ2v) is 6.72. The molecule has 2 aromatic carbocycles. The summed E-state index contributed by atoms with van der Waals surface area (Å²) < 4.78 is 10.7. The minimum absolute atomic E-state index is 0.161. The third kappa shape index (κ3) is 4.75. The van der Waals surface area contributed by atoms with Crippen molar-refractivity contribution in [1.82, 2.24) is 10.3 Å². The number of pyridine rings is 1. The second-order valence-electron chi connectivity index (χ2n) is 6.72. The predicted molar refractivity (Wildman–Crippen MR) is 115 cm³/mol. The van der Waals surface area contributed by atoms with Crippen LogP contribution in [0.5, 0.6) is 11.5 Å². The zero-order chi connectivity index (χ0) is 20.8. The SMILES string of the molecule is CCc1cccc(NC(=NCc2ccncc2)NC(=O)c2ccc3c(c2)OCO3)c1. The lowest BCUT2D eigenvalue weighted by molar-refractivity contribution is 0.0976. The number of carbonyl (C=O) groups is 1. The van der Waals surface area contributed by atoms with E-state index in [1.807, 2.05) is 30.3 Å². The lowest BCUT2D eigenvalue weighted by Crippen LogP contribution is -2.36. The van der Waals surface area contributed by atoms with E-state index in [0.29, 0.717) is 29.6 Å². The van der Waals surface area contributed by atoms with Gasteiger partial charge in [-0.05, 0) is 60.0 Å². The number of rotatable bonds is 5. The van der Waals surface area contributed by atoms with E-state index in [9.17, 15) is 4.79 Å². The summed E-state index contributed by atoms with van der Waals surface area (Å²) in [5, 5.41) is 6.09. The molecule has 7 heteroatoms. The Bertz CT molecular complexity index is 1070. The molecule has 7 nitrogen and oxygen atoms in total. The summed E-state index contributed by atoms with van der Waals surface area (Å²) in [5.74, 6) is 1.26. The van der Waals surface area contributed by atoms with E-state index < -0.39 is 0 Å². The normalized spacial score (nSPS) is 12.5. The molecule has 4 rings (SSSR count). The number of benzene rings is 2. The number of aliphatic imine (C=N–C) groups is 1. The number of nitrogens with one attached hydrogen (secondary N) is 2. The van der Waals surface area contributed by atoms with Crippen molar-refractivity contribution in [3.63, 3.8) is 0 Å². The van der Waals surface area contributed by atoms with Crippen LogP contribution in [-0.2, 0) is 13.0 Å². The highest BCUT2D eigenvalue weighted by Gasteiger charge is 2.17. The molecule has 0 saturated carbocycles. The Labute approximate surface area is 174 Å². The lowest BCUT2D eigenvalue weighted by Gasteiger charge is -2.13. The van der Waals surface area contributed by atoms with Gasteiger partial charge in [-0.2, -0.15) is 0 Å². The minimum atomic E-state index is -0.291. The molecule has 1 aliphatic heterocycles. The third-order valence-electron chi connectivity index (χ3n) is 4.63. The van der Waals surface area contributed by atoms with Crippen molar-refractivity contribution >= 4 is 17.6 Å². The molecule has 3 aromatic rings. The number of guanidine groups is 1. The number of hydrogen-bond donors (Lipinski definition) is 2. The zero-order valence-electron chi connectivity index (χ0n) is 16.6. The van der Waals surface area contributed by atoms with Crippen LogP contribution in [0.15, 0.2) is 72.0 Å². The molecule has 30 heavy (non-hydrogen) atoms. The first-order chi connectivity index (χ1) is 14.7. The largest absolute Gasteiger partial charge is 0.454 e. The second kappa shape index (κ2) is 9.09. The Morgan fingerprint density at radius 3 is 2.70 bits per heavy atom. The lowest BCUT2D eigenvalue weighted by atomic mass is 10.1. The van der Waals surface area contributed by atoms with Gasteiger partial charge >= 0.3 is 0 Å². The van der Waals surface area contributed by atoms with E-state index >= 15 is 0 Å². The molecule has 0 fully saturated rings. The molecule has 1 amide bonds. The maximum Gasteiger partial charge on any atom is 0.258 e. The first kappa shape index (κ1) is 19.4. The van der Waals surface area contributed by atoms with Crippen molar-refractivity contribution in [2.45, 2.75) is 19.9 Å². The Hall–Kier alpha value is -3.87. The number of nitrogens with zero attached hydrogens (tertiary/aromatic N) is 2. The van der Waals surface area contributed by atoms with Gasteiger partial charge in [0.1, 0.15) is 0 Å². The highest BCUT2D eigenvalue weighted by Crippen LogP contribution is 2.32. The van der Waals surface area contributed by atoms with Gasteiger partial charge in [-0.1, -0.05) is 19.1 Å². The smallest absolute Gasteiger partial charge is 0.258 e. The fourth-order valence-corrected chi connectivity index (χ4v) is 2.99. The zero-order valence-corrected chi connectivity index (χ0v) is 16.6. The Kier molecular flexibility index (Phi) is 5.89. The average molecular weight is 402 g/mol. The van der Waals surface area contributed by atoms with E-state index in [1.54, 1.807) is 30.6 Å². The Balaban J connectivity index is 1.55. The molecule has 0 spiro atoms. The standard InChI is InChI=1S/C23H22N4O3/c1-2-16-4-3-5-19(12-16)26-23(25-14-17-8-10-24-11-9-17)27-22(28)18-6-7-20-21(13-18)30-15-29-20/h3-13H,2,14-15H2,1H3,(H2,25,26,27,28). The molecule has 0 atom stereocenters. The number of anilines is 1. The number of ether oxygens (including phenoxy) is 2. The van der Waals surface area contributed by atoms with Crippen LogP contribution in [-0.4, -0.2) is 23.6 Å². The molecule has 0 bridgehead atoms. The van der Waals surface area contributed by atoms with Crippen molar-refractivity contribution < 1.29 is 14.3 Å². The Morgan fingerprint density at radius 1 is 1.03 bits per heavy atom. The molecular formula is C23H22N4O3. The summed E-state index contributed by atoms with van der Waals surface area (Å²) in [6.07, 6.45) is 4.35. The minimum Gasteiger partial charge on any atom is -0.454 e. The molecular weight excluding hydrogens is 380 g/mol. The summed E-state index contributed by atoms with van der Waals surface area (Å²) in [5.41, 5.74) is 3.49. The van der Waals surface area contributed by atoms with Crippen LogP contribution in [0, 0.1) is 0 Å². The highest BCUT2D eigenvalue weighted by molar-refractivity contribution is 6.10. The molecule has 0 saturated heterocycles. The quantitative estimate of drug-likeness (QED) is 0.501. The van der Waals surface area contributed by atoms with Crippen LogP contribution in [0.25, 0.3) is 0 Å². The van der Waals surface area contributed by atoms with Crippen LogP contribution >= 0.6 is 0 Å². The topological polar surface area (TPSA) is 84.8 Å². The van der Waals surface area contributed by atoms with Gasteiger partial charge < -0.3 is 14.8 Å². The Morgan fingerprint density at radius 2 is 1.87 bits per heavy atom. The molecule has 152 valence electrons. The molecule has 2 N–H and O–H groups in total. The van der Waals surface area contributed by atoms with Gasteiger partial charge in [0.2, 0.25) is 12.8 Å². The monoisotopic (exact) mass is 402 g/mol. The predicted octanol–water partition coefficient (Wildman–Crippen LogP) is 3.77. The summed E-state index contributed by atoms with van der Waals surface area (Å²) in [7, 11) is 0. The van der Waals surface area contributed by atoms with Gasteiger partial charge in [0.05, 0.1) is 6.54 Å². The van der Waals surface area contributed by atoms with Crippen molar-refractivity contribution in [3.05, 3.63) is 83.7 Å². The van der Waals surface area contributed by atoms with Crippen molar-refractivity contribution in [2.75, 3.05) is 12.1 Å². The number of aryl methyl sites for hydroxylation is 1. The number of aromatic nitrogens is 1. The fraction of sp³-hybridized carbons (Fsp3) is 0.174. The van der Waals surface area contributed by atoms with Gasteiger partial charge in [-0.15, -0.1) is 0 Å². The summed E-state index contributed by atoms with van der Waals surface area (Å²) >= 11 is 0. The molecule has 0 radical (unpaired) electrons. The van der Waals surface area contributed by atoms with Crippen LogP contribution in [0.2, 0.25) is 0 Å². The summed E-state index contributed by atoms with van der Waals surface area (Å²) in [6, 6.07) is 16.9. The van der Waals surface area contributed by atoms with Crippen molar-refractivity contribution in [1.29, 1.82) is 0 Å². The van der Waals surface area contributed by atoms with E-state index in [-0.39, 0.29) is 12.7 Å². The van der Waals surface area contributed by atoms with Gasteiger partial charge in [0.25, 0.3) is 5.91 Å². The van der Waals surface area contributed by atoms with Crippen LogP contribution in [0.1, 0.15) is 28.4 Å². The van der Waals surface area contributed by atoms with Gasteiger partial charge in [-0.3, -0.25) is 15.1 Å². The van der Waals surface area contributed by atoms with Crippen LogP contribution in [0.3, 0.4) is 0 Å². The molecule has 1 aromatic heterocycles. The molecule has 1 aliphatic rings. The maximum absolute atomic E-state index is 12.8. The average Bonchev–Trinajstić information content (AvgIpc) is 3.26. The number of hydrogen-bond acceptors (Lipinski definition) is 5. The van der Waals surface area contributed by atoms with E-state index in [4.69, 9.17) is 9.47 Å². The van der Waals surface area contributed by atoms with Crippen LogP contribution < -0.4 is 20.1 Å². The fourth-order valence-electron chi connectivity index (χ4n) is 2.99. The maximum atomic E-state index is 12.8. The van der Waals surface area contributed by atoms with Gasteiger partial charge in [-0.25, -0.2) is 4.99 Å². The van der Waals surface area contributed by atoms with Crippen molar-refractivity contribution in [2.24, 2.45) is 4.99 Å². The summed E-state index contributed by atoms with van der Waals surface area (Å²) in [4.78, 5) is 21.4. The van der Waals surface area contributed by atoms with E-state index in [1.165, 1.54) is 5.56 Å².